The summed E-state index contributed by atoms with van der Waals surface area (Å²) in [6.45, 7) is 4.45. The zero-order chi connectivity index (χ0) is 30.8. The van der Waals surface area contributed by atoms with Crippen LogP contribution in [0, 0.1) is 0 Å². The first-order chi connectivity index (χ1) is 19.5. The van der Waals surface area contributed by atoms with E-state index >= 15 is 0 Å². The van der Waals surface area contributed by atoms with E-state index < -0.39 is 20.0 Å². The Bertz CT molecular complexity index is 861. The van der Waals surface area contributed by atoms with Crippen molar-refractivity contribution in [3.8, 4) is 0 Å². The summed E-state index contributed by atoms with van der Waals surface area (Å²) in [5.41, 5.74) is 0. The highest BCUT2D eigenvalue weighted by Crippen LogP contribution is 2.43. The summed E-state index contributed by atoms with van der Waals surface area (Å²) < 4.78 is 23.1. The Hall–Kier alpha value is -1.80. The largest absolute Gasteiger partial charge is 0.472 e. The second kappa shape index (κ2) is 24.8. The Morgan fingerprint density at radius 2 is 1.44 bits per heavy atom. The zero-order valence-electron chi connectivity index (χ0n) is 26.2. The van der Waals surface area contributed by atoms with E-state index in [0.29, 0.717) is 23.9 Å². The van der Waals surface area contributed by atoms with E-state index in [1.54, 1.807) is 6.08 Å². The maximum atomic E-state index is 12.6. The molecule has 0 saturated carbocycles. The molecule has 1 amide bonds. The van der Waals surface area contributed by atoms with Crippen molar-refractivity contribution in [2.24, 2.45) is 0 Å². The van der Waals surface area contributed by atoms with Crippen LogP contribution in [0.5, 0.6) is 0 Å². The van der Waals surface area contributed by atoms with E-state index in [9.17, 15) is 19.4 Å². The number of aliphatic hydroxyl groups excluding tert-OH is 1. The topological polar surface area (TPSA) is 105 Å². The number of nitrogens with one attached hydrogen (secondary N) is 1. The highest BCUT2D eigenvalue weighted by molar-refractivity contribution is 7.47. The maximum absolute atomic E-state index is 12.6. The van der Waals surface area contributed by atoms with Gasteiger partial charge in [0.25, 0.3) is 0 Å². The fourth-order valence-electron chi connectivity index (χ4n) is 3.48. The van der Waals surface area contributed by atoms with Gasteiger partial charge in [0, 0.05) is 6.42 Å². The number of phosphoric ester groups is 1. The lowest BCUT2D eigenvalue weighted by Gasteiger charge is -2.25. The van der Waals surface area contributed by atoms with Gasteiger partial charge in [-0.15, -0.1) is 0 Å². The van der Waals surface area contributed by atoms with Gasteiger partial charge in [-0.1, -0.05) is 87.4 Å². The number of hydrogen-bond acceptors (Lipinski definition) is 5. The fraction of sp³-hybridized carbons (Fsp3) is 0.656. The van der Waals surface area contributed by atoms with Crippen molar-refractivity contribution in [3.63, 3.8) is 0 Å². The van der Waals surface area contributed by atoms with Crippen LogP contribution in [0.3, 0.4) is 0 Å². The number of amides is 1. The van der Waals surface area contributed by atoms with Gasteiger partial charge in [0.1, 0.15) is 13.2 Å². The molecule has 0 rings (SSSR count). The molecule has 0 fully saturated rings. The van der Waals surface area contributed by atoms with E-state index in [1.165, 1.54) is 0 Å². The number of unbranched alkanes of at least 4 members (excludes halogenated alkanes) is 4. The summed E-state index contributed by atoms with van der Waals surface area (Å²) in [7, 11) is 1.52. The van der Waals surface area contributed by atoms with Crippen molar-refractivity contribution in [1.82, 2.24) is 5.32 Å². The molecule has 3 atom stereocenters. The van der Waals surface area contributed by atoms with Gasteiger partial charge in [-0.3, -0.25) is 13.8 Å². The van der Waals surface area contributed by atoms with E-state index in [2.05, 4.69) is 67.8 Å². The highest BCUT2D eigenvalue weighted by Gasteiger charge is 2.27. The lowest BCUT2D eigenvalue weighted by molar-refractivity contribution is -0.870. The van der Waals surface area contributed by atoms with Gasteiger partial charge >= 0.3 is 7.82 Å². The van der Waals surface area contributed by atoms with E-state index in [1.807, 2.05) is 27.2 Å². The zero-order valence-corrected chi connectivity index (χ0v) is 27.1. The molecule has 3 unspecified atom stereocenters. The van der Waals surface area contributed by atoms with Gasteiger partial charge in [-0.05, 0) is 51.4 Å². The molecular formula is C32H58N2O6P+. The fourth-order valence-corrected chi connectivity index (χ4v) is 4.22. The molecule has 0 aliphatic heterocycles. The minimum absolute atomic E-state index is 0.0487. The number of hydrogen-bond donors (Lipinski definition) is 3. The monoisotopic (exact) mass is 597 g/mol. The molecule has 0 radical (unpaired) electrons. The summed E-state index contributed by atoms with van der Waals surface area (Å²) in [6, 6.07) is -0.864. The lowest BCUT2D eigenvalue weighted by atomic mass is 10.1. The smallest absolute Gasteiger partial charge is 0.387 e. The van der Waals surface area contributed by atoms with Crippen LogP contribution >= 0.6 is 7.82 Å². The number of rotatable bonds is 25. The van der Waals surface area contributed by atoms with Gasteiger partial charge in [0.2, 0.25) is 5.91 Å². The number of aliphatic hydroxyl groups is 1. The van der Waals surface area contributed by atoms with Crippen molar-refractivity contribution >= 4 is 13.7 Å². The molecule has 3 N–H and O–H groups in total. The van der Waals surface area contributed by atoms with Crippen LogP contribution in [0.4, 0.5) is 0 Å². The first kappa shape index (κ1) is 39.2. The molecule has 0 aliphatic carbocycles. The van der Waals surface area contributed by atoms with Crippen molar-refractivity contribution in [1.29, 1.82) is 0 Å². The van der Waals surface area contributed by atoms with Crippen LogP contribution in [0.15, 0.2) is 60.8 Å². The van der Waals surface area contributed by atoms with E-state index in [-0.39, 0.29) is 19.1 Å². The molecule has 236 valence electrons. The first-order valence-electron chi connectivity index (χ1n) is 15.2. The Kier molecular flexibility index (Phi) is 23.7. The Labute approximate surface area is 250 Å². The number of phosphoric acid groups is 1. The summed E-state index contributed by atoms with van der Waals surface area (Å²) >= 11 is 0. The molecule has 0 spiro atoms. The summed E-state index contributed by atoms with van der Waals surface area (Å²) in [5, 5.41) is 13.4. The molecule has 0 bridgehead atoms. The number of allylic oxidation sites excluding steroid dienone is 9. The van der Waals surface area contributed by atoms with Gasteiger partial charge in [-0.2, -0.15) is 0 Å². The third-order valence-corrected chi connectivity index (χ3v) is 6.98. The molecule has 0 aromatic heterocycles. The van der Waals surface area contributed by atoms with E-state index in [0.717, 1.165) is 57.8 Å². The number of carbonyl (C=O) groups excluding carboxylic acids is 1. The molecule has 0 aromatic rings. The average molecular weight is 598 g/mol. The molecular weight excluding hydrogens is 539 g/mol. The molecule has 8 nitrogen and oxygen atoms in total. The van der Waals surface area contributed by atoms with Crippen LogP contribution in [0.1, 0.15) is 84.5 Å². The second-order valence-corrected chi connectivity index (χ2v) is 12.5. The van der Waals surface area contributed by atoms with Gasteiger partial charge in [0.05, 0.1) is 39.9 Å². The number of likely N-dealkylation sites (N-methyl/N-ethyl adjacent to an activating group) is 1. The van der Waals surface area contributed by atoms with Crippen LogP contribution in [0.2, 0.25) is 0 Å². The van der Waals surface area contributed by atoms with Crippen molar-refractivity contribution in [2.45, 2.75) is 96.6 Å². The average Bonchev–Trinajstić information content (AvgIpc) is 2.90. The molecule has 41 heavy (non-hydrogen) atoms. The highest BCUT2D eigenvalue weighted by atomic mass is 31.2. The summed E-state index contributed by atoms with van der Waals surface area (Å²) in [4.78, 5) is 22.6. The standard InChI is InChI=1S/C32H57N2O6P/c1-6-8-10-12-13-14-15-16-17-18-19-20-21-22-24-26-32(36)33-30(31(35)25-23-11-9-7-2)29-40-41(37,38)39-28-27-34(3,4)5/h8,10,13-14,16-17,19-20,23,25,30-31,35H,6-7,9,11-12,15,18,21-22,24,26-29H2,1-5H3,(H-,33,36,37,38)/p+1/b10-8-,14-13-,17-16-,20-19-,25-23+. The Balaban J connectivity index is 4.52. The van der Waals surface area contributed by atoms with Gasteiger partial charge in [-0.25, -0.2) is 4.57 Å². The Morgan fingerprint density at radius 1 is 0.854 bits per heavy atom. The van der Waals surface area contributed by atoms with Crippen LogP contribution in [-0.4, -0.2) is 73.4 Å². The minimum atomic E-state index is -4.32. The van der Waals surface area contributed by atoms with Crippen LogP contribution in [-0.2, 0) is 18.4 Å². The van der Waals surface area contributed by atoms with Crippen LogP contribution < -0.4 is 5.32 Å². The molecule has 0 saturated heterocycles. The van der Waals surface area contributed by atoms with Crippen molar-refractivity contribution in [3.05, 3.63) is 60.8 Å². The number of carbonyl (C=O) groups is 1. The third-order valence-electron chi connectivity index (χ3n) is 5.99. The maximum Gasteiger partial charge on any atom is 0.472 e. The third kappa shape index (κ3) is 26.8. The Morgan fingerprint density at radius 3 is 2.02 bits per heavy atom. The number of quaternary nitrogens is 1. The van der Waals surface area contributed by atoms with Gasteiger partial charge < -0.3 is 19.8 Å². The van der Waals surface area contributed by atoms with Gasteiger partial charge in [0.15, 0.2) is 0 Å². The first-order valence-corrected chi connectivity index (χ1v) is 16.7. The molecule has 0 aliphatic rings. The van der Waals surface area contributed by atoms with E-state index in [4.69, 9.17) is 9.05 Å². The van der Waals surface area contributed by atoms with Crippen LogP contribution in [0.25, 0.3) is 0 Å². The SMILES string of the molecule is CC/C=C\C/C=C\C/C=C\C/C=C\CCCCC(=O)NC(COP(=O)(O)OCC[N+](C)(C)C)C(O)/C=C/CCCC. The quantitative estimate of drug-likeness (QED) is 0.0464. The number of nitrogens with zero attached hydrogens (tertiary/aromatic N) is 1. The molecule has 0 heterocycles. The second-order valence-electron chi connectivity index (χ2n) is 11.1. The normalized spacial score (nSPS) is 16.0. The molecule has 0 aromatic carbocycles. The lowest BCUT2D eigenvalue weighted by Crippen LogP contribution is -2.45. The summed E-state index contributed by atoms with van der Waals surface area (Å²) in [5.74, 6) is -0.233. The minimum Gasteiger partial charge on any atom is -0.387 e. The summed E-state index contributed by atoms with van der Waals surface area (Å²) in [6.07, 6.45) is 29.2. The molecule has 9 heteroatoms. The predicted octanol–water partition coefficient (Wildman–Crippen LogP) is 6.78. The van der Waals surface area contributed by atoms with Crippen molar-refractivity contribution < 1.29 is 32.9 Å². The van der Waals surface area contributed by atoms with Crippen molar-refractivity contribution in [2.75, 3.05) is 40.9 Å². The predicted molar refractivity (Wildman–Crippen MR) is 170 cm³/mol.